The first-order chi connectivity index (χ1) is 10.0. The van der Waals surface area contributed by atoms with Crippen molar-refractivity contribution in [2.45, 2.75) is 25.4 Å². The highest BCUT2D eigenvalue weighted by Gasteiger charge is 2.18. The lowest BCUT2D eigenvalue weighted by molar-refractivity contribution is -0.165. The minimum atomic E-state index is -0.889. The number of carbonyl (C=O) groups excluding carboxylic acids is 3. The van der Waals surface area contributed by atoms with E-state index in [0.717, 1.165) is 6.08 Å². The number of rotatable bonds is 11. The predicted octanol–water partition coefficient (Wildman–Crippen LogP) is 1.52. The van der Waals surface area contributed by atoms with Crippen LogP contribution in [0.5, 0.6) is 0 Å². The molecule has 0 aliphatic carbocycles. The molecule has 0 heterocycles. The first kappa shape index (κ1) is 18.5. The molecule has 21 heavy (non-hydrogen) atoms. The van der Waals surface area contributed by atoms with Crippen molar-refractivity contribution in [1.82, 2.24) is 0 Å². The van der Waals surface area contributed by atoms with Gasteiger partial charge in [0.15, 0.2) is 12.2 Å². The molecule has 0 aliphatic rings. The van der Waals surface area contributed by atoms with Crippen LogP contribution in [0.1, 0.15) is 19.3 Å². The molecule has 0 aromatic heterocycles. The van der Waals surface area contributed by atoms with Crippen LogP contribution in [0.4, 0.5) is 0 Å². The molecule has 0 saturated carbocycles. The summed E-state index contributed by atoms with van der Waals surface area (Å²) >= 11 is 0. The summed E-state index contributed by atoms with van der Waals surface area (Å²) in [4.78, 5) is 33.8. The van der Waals surface area contributed by atoms with E-state index >= 15 is 0 Å². The van der Waals surface area contributed by atoms with Gasteiger partial charge in [-0.2, -0.15) is 0 Å². The Labute approximate surface area is 124 Å². The molecule has 0 atom stereocenters. The zero-order valence-electron chi connectivity index (χ0n) is 11.8. The van der Waals surface area contributed by atoms with Crippen LogP contribution in [0.15, 0.2) is 31.4 Å². The molecule has 0 saturated heterocycles. The molecular formula is C15H19O6+. The molecule has 6 heteroatoms. The molecule has 6 nitrogen and oxygen atoms in total. The van der Waals surface area contributed by atoms with Crippen LogP contribution >= 0.6 is 0 Å². The maximum absolute atomic E-state index is 11.3. The summed E-state index contributed by atoms with van der Waals surface area (Å²) in [7, 11) is 0. The van der Waals surface area contributed by atoms with E-state index in [1.54, 1.807) is 0 Å². The number of carbonyl (C=O) groups is 3. The zero-order valence-corrected chi connectivity index (χ0v) is 11.8. The molecule has 0 rings (SSSR count). The topological polar surface area (TPSA) is 78.9 Å². The van der Waals surface area contributed by atoms with E-state index in [2.05, 4.69) is 13.2 Å². The second-order valence-corrected chi connectivity index (χ2v) is 3.90. The van der Waals surface area contributed by atoms with Gasteiger partial charge < -0.3 is 14.2 Å². The lowest BCUT2D eigenvalue weighted by Gasteiger charge is -2.17. The molecule has 0 radical (unpaired) electrons. The predicted molar refractivity (Wildman–Crippen MR) is 74.9 cm³/mol. The lowest BCUT2D eigenvalue weighted by Crippen LogP contribution is -2.30. The highest BCUT2D eigenvalue weighted by molar-refractivity contribution is 5.72. The van der Waals surface area contributed by atoms with Gasteiger partial charge in [-0.3, -0.25) is 14.4 Å². The number of ether oxygens (including phenoxy) is 3. The first-order valence-electron chi connectivity index (χ1n) is 6.29. The Balaban J connectivity index is 4.38. The Bertz CT molecular complexity index is 373. The summed E-state index contributed by atoms with van der Waals surface area (Å²) < 4.78 is 14.7. The quantitative estimate of drug-likeness (QED) is 0.249. The summed E-state index contributed by atoms with van der Waals surface area (Å²) in [6.45, 7) is 11.5. The summed E-state index contributed by atoms with van der Waals surface area (Å²) in [6.07, 6.45) is 2.99. The molecular weight excluding hydrogens is 276 g/mol. The smallest absolute Gasteiger partial charge is 0.314 e. The van der Waals surface area contributed by atoms with Crippen molar-refractivity contribution >= 4 is 17.9 Å². The van der Waals surface area contributed by atoms with Crippen molar-refractivity contribution in [3.8, 4) is 0 Å². The van der Waals surface area contributed by atoms with E-state index in [1.807, 2.05) is 0 Å². The van der Waals surface area contributed by atoms with Crippen LogP contribution in [-0.4, -0.2) is 37.2 Å². The Morgan fingerprint density at radius 2 is 1.38 bits per heavy atom. The molecule has 0 fully saturated rings. The summed E-state index contributed by atoms with van der Waals surface area (Å²) in [5, 5.41) is 0. The van der Waals surface area contributed by atoms with Gasteiger partial charge in [0.25, 0.3) is 0 Å². The maximum Gasteiger partial charge on any atom is 0.314 e. The van der Waals surface area contributed by atoms with Crippen molar-refractivity contribution in [1.29, 1.82) is 0 Å². The average Bonchev–Trinajstić information content (AvgIpc) is 2.42. The molecule has 0 amide bonds. The number of hydrogen-bond donors (Lipinski definition) is 0. The van der Waals surface area contributed by atoms with Gasteiger partial charge in [0.05, 0.1) is 12.8 Å². The van der Waals surface area contributed by atoms with E-state index in [4.69, 9.17) is 20.8 Å². The third-order valence-electron chi connectivity index (χ3n) is 2.07. The molecule has 0 N–H and O–H groups in total. The highest BCUT2D eigenvalue weighted by atomic mass is 16.6. The van der Waals surface area contributed by atoms with E-state index in [0.29, 0.717) is 0 Å². The van der Waals surface area contributed by atoms with Crippen molar-refractivity contribution in [3.05, 3.63) is 38.0 Å². The molecule has 0 unspecified atom stereocenters. The average molecular weight is 295 g/mol. The lowest BCUT2D eigenvalue weighted by atomic mass is 10.3. The summed E-state index contributed by atoms with van der Waals surface area (Å²) in [5.74, 6) is -1.65. The van der Waals surface area contributed by atoms with Gasteiger partial charge >= 0.3 is 17.9 Å². The highest BCUT2D eigenvalue weighted by Crippen LogP contribution is 2.02. The standard InChI is InChI=1S/C15H19O6/c1-4-7-13(16)19-10-12(21-15(18)9-6-3)11-20-14(17)8-5-2/h3-6,12H,1-2,7-11H2/q+1. The van der Waals surface area contributed by atoms with Gasteiger partial charge in [-0.1, -0.05) is 12.2 Å². The van der Waals surface area contributed by atoms with E-state index in [9.17, 15) is 14.4 Å². The van der Waals surface area contributed by atoms with Crippen molar-refractivity contribution in [2.24, 2.45) is 0 Å². The van der Waals surface area contributed by atoms with E-state index in [-0.39, 0.29) is 32.5 Å². The van der Waals surface area contributed by atoms with Crippen LogP contribution < -0.4 is 0 Å². The van der Waals surface area contributed by atoms with Gasteiger partial charge in [-0.15, -0.1) is 13.2 Å². The third-order valence-corrected chi connectivity index (χ3v) is 2.07. The van der Waals surface area contributed by atoms with Crippen molar-refractivity contribution in [3.63, 3.8) is 0 Å². The fourth-order valence-electron chi connectivity index (χ4n) is 1.17. The fraction of sp³-hybridized carbons (Fsp3) is 0.400. The molecule has 0 aromatic rings. The second kappa shape index (κ2) is 11.4. The second-order valence-electron chi connectivity index (χ2n) is 3.90. The molecule has 0 bridgehead atoms. The summed E-state index contributed by atoms with van der Waals surface area (Å²) in [5.41, 5.74) is 0. The number of hydrogen-bond acceptors (Lipinski definition) is 6. The van der Waals surface area contributed by atoms with Crippen LogP contribution in [-0.2, 0) is 28.6 Å². The Morgan fingerprint density at radius 1 is 0.905 bits per heavy atom. The Hall–Kier alpha value is -2.46. The van der Waals surface area contributed by atoms with Crippen LogP contribution in [0.2, 0.25) is 0 Å². The molecule has 0 aliphatic heterocycles. The zero-order chi connectivity index (χ0) is 16.1. The molecule has 0 spiro atoms. The van der Waals surface area contributed by atoms with Gasteiger partial charge in [-0.05, 0) is 0 Å². The Kier molecular flexibility index (Phi) is 10.0. The Morgan fingerprint density at radius 3 is 1.76 bits per heavy atom. The minimum Gasteiger partial charge on any atom is -0.461 e. The van der Waals surface area contributed by atoms with Crippen LogP contribution in [0.3, 0.4) is 0 Å². The fourth-order valence-corrected chi connectivity index (χ4v) is 1.17. The van der Waals surface area contributed by atoms with E-state index < -0.39 is 24.0 Å². The van der Waals surface area contributed by atoms with Gasteiger partial charge in [-0.25, -0.2) is 0 Å². The first-order valence-corrected chi connectivity index (χ1v) is 6.29. The van der Waals surface area contributed by atoms with Crippen LogP contribution in [0, 0.1) is 6.58 Å². The maximum atomic E-state index is 11.3. The monoisotopic (exact) mass is 295 g/mol. The normalized spacial score (nSPS) is 9.52. The van der Waals surface area contributed by atoms with E-state index in [1.165, 1.54) is 12.2 Å². The van der Waals surface area contributed by atoms with Gasteiger partial charge in [0, 0.05) is 0 Å². The van der Waals surface area contributed by atoms with Crippen molar-refractivity contribution < 1.29 is 28.6 Å². The van der Waals surface area contributed by atoms with Gasteiger partial charge in [0.1, 0.15) is 19.6 Å². The number of esters is 3. The minimum absolute atomic E-state index is 0.0352. The SMILES string of the molecule is [CH+]=CCC(=O)OC(COC(=O)CC=C)COC(=O)CC=C. The van der Waals surface area contributed by atoms with Crippen LogP contribution in [0.25, 0.3) is 0 Å². The molecule has 114 valence electrons. The third kappa shape index (κ3) is 10.0. The van der Waals surface area contributed by atoms with Crippen molar-refractivity contribution in [2.75, 3.05) is 13.2 Å². The van der Waals surface area contributed by atoms with Gasteiger partial charge in [0.2, 0.25) is 6.58 Å². The largest absolute Gasteiger partial charge is 0.461 e. The summed E-state index contributed by atoms with van der Waals surface area (Å²) in [6, 6.07) is 0. The molecule has 0 aromatic carbocycles.